The maximum Gasteiger partial charge on any atom is 0.329 e. The Labute approximate surface area is 64.0 Å². The van der Waals surface area contributed by atoms with Gasteiger partial charge in [-0.05, 0) is 13.0 Å². The summed E-state index contributed by atoms with van der Waals surface area (Å²) in [6.07, 6.45) is 4.65. The third-order valence-electron chi connectivity index (χ3n) is 0.743. The summed E-state index contributed by atoms with van der Waals surface area (Å²) in [6, 6.07) is 0. The number of allylic oxidation sites excluding steroid dienone is 2. The molecular formula is C6H9N3O2. The number of nitrogens with one attached hydrogen (secondary N) is 1. The molecule has 11 heavy (non-hydrogen) atoms. The Kier molecular flexibility index (Phi) is 4.39. The molecule has 0 saturated carbocycles. The van der Waals surface area contributed by atoms with Gasteiger partial charge >= 0.3 is 11.8 Å². The predicted octanol–water partition coefficient (Wildman–Crippen LogP) is -0.850. The van der Waals surface area contributed by atoms with Gasteiger partial charge in [-0.15, -0.1) is 0 Å². The fourth-order valence-electron chi connectivity index (χ4n) is 0.280. The highest BCUT2D eigenvalue weighted by molar-refractivity contribution is 6.34. The minimum absolute atomic E-state index is 0.925. The molecular weight excluding hydrogens is 146 g/mol. The van der Waals surface area contributed by atoms with Gasteiger partial charge < -0.3 is 5.73 Å². The van der Waals surface area contributed by atoms with Crippen LogP contribution in [0.5, 0.6) is 0 Å². The van der Waals surface area contributed by atoms with E-state index < -0.39 is 11.8 Å². The van der Waals surface area contributed by atoms with Crippen molar-refractivity contribution in [2.24, 2.45) is 10.8 Å². The molecule has 60 valence electrons. The zero-order valence-electron chi connectivity index (χ0n) is 6.07. The molecule has 5 heteroatoms. The number of rotatable bonds is 2. The molecule has 0 bridgehead atoms. The van der Waals surface area contributed by atoms with Gasteiger partial charge in [-0.3, -0.25) is 9.59 Å². The molecule has 0 heterocycles. The first-order chi connectivity index (χ1) is 5.18. The summed E-state index contributed by atoms with van der Waals surface area (Å²) in [7, 11) is 0. The topological polar surface area (TPSA) is 84.6 Å². The van der Waals surface area contributed by atoms with Crippen molar-refractivity contribution >= 4 is 18.0 Å². The Balaban J connectivity index is 3.71. The monoisotopic (exact) mass is 155 g/mol. The fourth-order valence-corrected chi connectivity index (χ4v) is 0.280. The van der Waals surface area contributed by atoms with Crippen molar-refractivity contribution in [2.45, 2.75) is 6.92 Å². The van der Waals surface area contributed by atoms with Crippen LogP contribution in [0.4, 0.5) is 0 Å². The number of hydrogen-bond acceptors (Lipinski definition) is 3. The minimum Gasteiger partial charge on any atom is -0.361 e. The number of carbonyl (C=O) groups is 2. The first-order valence-electron chi connectivity index (χ1n) is 2.92. The van der Waals surface area contributed by atoms with E-state index in [0.29, 0.717) is 0 Å². The molecule has 0 radical (unpaired) electrons. The van der Waals surface area contributed by atoms with Gasteiger partial charge in [-0.25, -0.2) is 5.43 Å². The molecule has 0 aliphatic carbocycles. The van der Waals surface area contributed by atoms with Crippen LogP contribution in [0.1, 0.15) is 6.92 Å². The second-order valence-electron chi connectivity index (χ2n) is 1.61. The van der Waals surface area contributed by atoms with Crippen molar-refractivity contribution in [1.82, 2.24) is 5.43 Å². The fraction of sp³-hybridized carbons (Fsp3) is 0.167. The van der Waals surface area contributed by atoms with Crippen LogP contribution in [0.25, 0.3) is 0 Å². The Hall–Kier alpha value is -1.65. The van der Waals surface area contributed by atoms with Crippen LogP contribution >= 0.6 is 0 Å². The largest absolute Gasteiger partial charge is 0.361 e. The molecule has 0 fully saturated rings. The third-order valence-corrected chi connectivity index (χ3v) is 0.743. The summed E-state index contributed by atoms with van der Waals surface area (Å²) in [5.41, 5.74) is 6.53. The highest BCUT2D eigenvalue weighted by Crippen LogP contribution is 1.65. The van der Waals surface area contributed by atoms with E-state index in [1.54, 1.807) is 19.1 Å². The normalized spacial score (nSPS) is 10.6. The quantitative estimate of drug-likeness (QED) is 0.309. The van der Waals surface area contributed by atoms with Crippen molar-refractivity contribution in [3.63, 3.8) is 0 Å². The molecule has 0 saturated heterocycles. The van der Waals surface area contributed by atoms with E-state index in [0.717, 1.165) is 0 Å². The number of amides is 2. The van der Waals surface area contributed by atoms with Crippen LogP contribution in [0.2, 0.25) is 0 Å². The third kappa shape index (κ3) is 4.83. The molecule has 0 aromatic carbocycles. The summed E-state index contributed by atoms with van der Waals surface area (Å²) in [4.78, 5) is 20.5. The molecule has 0 aliphatic rings. The average Bonchev–Trinajstić information content (AvgIpc) is 1.97. The summed E-state index contributed by atoms with van der Waals surface area (Å²) in [5, 5.41) is 3.37. The Morgan fingerprint density at radius 2 is 2.18 bits per heavy atom. The van der Waals surface area contributed by atoms with Gasteiger partial charge in [0.05, 0.1) is 0 Å². The van der Waals surface area contributed by atoms with E-state index in [1.165, 1.54) is 6.21 Å². The minimum atomic E-state index is -1.05. The maximum atomic E-state index is 10.4. The number of hydrazone groups is 1. The first kappa shape index (κ1) is 9.35. The van der Waals surface area contributed by atoms with E-state index >= 15 is 0 Å². The van der Waals surface area contributed by atoms with Crippen LogP contribution in [0.15, 0.2) is 17.3 Å². The van der Waals surface area contributed by atoms with E-state index in [-0.39, 0.29) is 0 Å². The number of carbonyl (C=O) groups excluding carboxylic acids is 2. The van der Waals surface area contributed by atoms with Crippen molar-refractivity contribution in [2.75, 3.05) is 0 Å². The summed E-state index contributed by atoms with van der Waals surface area (Å²) >= 11 is 0. The van der Waals surface area contributed by atoms with Gasteiger partial charge in [0.25, 0.3) is 0 Å². The molecule has 3 N–H and O–H groups in total. The second-order valence-corrected chi connectivity index (χ2v) is 1.61. The van der Waals surface area contributed by atoms with Gasteiger partial charge in [-0.1, -0.05) is 6.08 Å². The second kappa shape index (κ2) is 5.16. The van der Waals surface area contributed by atoms with E-state index in [1.807, 2.05) is 5.43 Å². The Morgan fingerprint density at radius 3 is 2.64 bits per heavy atom. The highest BCUT2D eigenvalue weighted by atomic mass is 16.2. The lowest BCUT2D eigenvalue weighted by atomic mass is 10.6. The molecule has 0 spiro atoms. The molecule has 0 aliphatic heterocycles. The summed E-state index contributed by atoms with van der Waals surface area (Å²) in [6.45, 7) is 1.79. The molecule has 0 aromatic heterocycles. The Morgan fingerprint density at radius 1 is 1.55 bits per heavy atom. The lowest BCUT2D eigenvalue weighted by Gasteiger charge is -1.89. The van der Waals surface area contributed by atoms with Gasteiger partial charge in [0.15, 0.2) is 0 Å². The zero-order valence-corrected chi connectivity index (χ0v) is 6.07. The molecule has 0 atom stereocenters. The number of hydrogen-bond donors (Lipinski definition) is 2. The zero-order chi connectivity index (χ0) is 8.69. The van der Waals surface area contributed by atoms with Crippen LogP contribution in [0.3, 0.4) is 0 Å². The van der Waals surface area contributed by atoms with Crippen molar-refractivity contribution < 1.29 is 9.59 Å². The van der Waals surface area contributed by atoms with Crippen molar-refractivity contribution in [3.05, 3.63) is 12.2 Å². The first-order valence-corrected chi connectivity index (χ1v) is 2.92. The molecule has 0 aromatic rings. The highest BCUT2D eigenvalue weighted by Gasteiger charge is 2.04. The molecule has 2 amide bonds. The van der Waals surface area contributed by atoms with Gasteiger partial charge in [0.1, 0.15) is 0 Å². The lowest BCUT2D eigenvalue weighted by Crippen LogP contribution is -2.32. The Bertz CT molecular complexity index is 208. The molecule has 0 unspecified atom stereocenters. The summed E-state index contributed by atoms with van der Waals surface area (Å²) < 4.78 is 0. The van der Waals surface area contributed by atoms with Crippen molar-refractivity contribution in [1.29, 1.82) is 0 Å². The maximum absolute atomic E-state index is 10.4. The molecule has 5 nitrogen and oxygen atoms in total. The average molecular weight is 155 g/mol. The van der Waals surface area contributed by atoms with Crippen LogP contribution in [-0.4, -0.2) is 18.0 Å². The number of nitrogens with two attached hydrogens (primary N) is 1. The predicted molar refractivity (Wildman–Crippen MR) is 40.6 cm³/mol. The number of primary amides is 1. The standard InChI is InChI=1S/C6H9N3O2/c1-2-3-4-8-9-6(11)5(7)10/h2-4H,1H3,(H2,7,10)(H,9,11)/b3-2+,8-4+. The number of nitrogens with zero attached hydrogens (tertiary/aromatic N) is 1. The van der Waals surface area contributed by atoms with E-state index in [2.05, 4.69) is 10.8 Å². The van der Waals surface area contributed by atoms with Crippen molar-refractivity contribution in [3.8, 4) is 0 Å². The van der Waals surface area contributed by atoms with Crippen LogP contribution in [-0.2, 0) is 9.59 Å². The summed E-state index contributed by atoms with van der Waals surface area (Å²) in [5.74, 6) is -1.98. The lowest BCUT2D eigenvalue weighted by molar-refractivity contribution is -0.137. The smallest absolute Gasteiger partial charge is 0.329 e. The SMILES string of the molecule is C/C=C/C=N/NC(=O)C(N)=O. The van der Waals surface area contributed by atoms with Crippen LogP contribution in [0, 0.1) is 0 Å². The van der Waals surface area contributed by atoms with E-state index in [9.17, 15) is 9.59 Å². The molecule has 0 rings (SSSR count). The van der Waals surface area contributed by atoms with Gasteiger partial charge in [0, 0.05) is 6.21 Å². The van der Waals surface area contributed by atoms with Crippen LogP contribution < -0.4 is 11.2 Å². The van der Waals surface area contributed by atoms with E-state index in [4.69, 9.17) is 0 Å². The van der Waals surface area contributed by atoms with Gasteiger partial charge in [0.2, 0.25) is 0 Å². The van der Waals surface area contributed by atoms with Gasteiger partial charge in [-0.2, -0.15) is 5.10 Å².